The van der Waals surface area contributed by atoms with E-state index < -0.39 is 47.1 Å². The van der Waals surface area contributed by atoms with Crippen molar-refractivity contribution in [2.75, 3.05) is 18.0 Å². The van der Waals surface area contributed by atoms with E-state index in [2.05, 4.69) is 0 Å². The van der Waals surface area contributed by atoms with E-state index in [-0.39, 0.29) is 25.2 Å². The SMILES string of the molecule is CCCN(CCC)c1c([N+](=O)[O-])cc(S(=O)(=O)C(F)(F)F)cc1[N+](=O)[O-]. The molecule has 0 heterocycles. The Labute approximate surface area is 146 Å². The van der Waals surface area contributed by atoms with Crippen molar-refractivity contribution in [2.45, 2.75) is 37.1 Å². The van der Waals surface area contributed by atoms with Gasteiger partial charge >= 0.3 is 16.9 Å². The lowest BCUT2D eigenvalue weighted by Gasteiger charge is -2.23. The Balaban J connectivity index is 3.87. The van der Waals surface area contributed by atoms with E-state index in [1.54, 1.807) is 13.8 Å². The lowest BCUT2D eigenvalue weighted by molar-refractivity contribution is -0.393. The van der Waals surface area contributed by atoms with Crippen LogP contribution in [0.15, 0.2) is 17.0 Å². The number of nitro benzene ring substituents is 2. The summed E-state index contributed by atoms with van der Waals surface area (Å²) in [5.74, 6) is 0. The molecule has 0 aliphatic rings. The standard InChI is InChI=1S/C13H16F3N3O6S/c1-3-5-17(6-4-2)12-10(18(20)21)7-9(8-11(12)19(22)23)26(24,25)13(14,15)16/h7-8H,3-6H2,1-2H3. The van der Waals surface area contributed by atoms with Gasteiger partial charge in [0.1, 0.15) is 0 Å². The topological polar surface area (TPSA) is 124 Å². The van der Waals surface area contributed by atoms with Gasteiger partial charge in [-0.2, -0.15) is 13.2 Å². The Kier molecular flexibility index (Phi) is 6.52. The molecule has 0 N–H and O–H groups in total. The maximum Gasteiger partial charge on any atom is 0.501 e. The Morgan fingerprint density at radius 1 is 1.00 bits per heavy atom. The van der Waals surface area contributed by atoms with Crippen LogP contribution in [0.3, 0.4) is 0 Å². The zero-order valence-electron chi connectivity index (χ0n) is 13.8. The monoisotopic (exact) mass is 399 g/mol. The summed E-state index contributed by atoms with van der Waals surface area (Å²) in [5, 5.41) is 22.6. The molecule has 13 heteroatoms. The van der Waals surface area contributed by atoms with Crippen molar-refractivity contribution in [3.8, 4) is 0 Å². The lowest BCUT2D eigenvalue weighted by atomic mass is 10.2. The van der Waals surface area contributed by atoms with Gasteiger partial charge in [0.05, 0.1) is 14.7 Å². The number of nitrogens with zero attached hydrogens (tertiary/aromatic N) is 3. The minimum Gasteiger partial charge on any atom is -0.360 e. The smallest absolute Gasteiger partial charge is 0.360 e. The molecule has 0 aliphatic carbocycles. The summed E-state index contributed by atoms with van der Waals surface area (Å²) in [6.45, 7) is 3.76. The Morgan fingerprint density at radius 3 is 1.65 bits per heavy atom. The van der Waals surface area contributed by atoms with E-state index in [9.17, 15) is 41.8 Å². The van der Waals surface area contributed by atoms with Crippen LogP contribution in [0, 0.1) is 20.2 Å². The van der Waals surface area contributed by atoms with Gasteiger partial charge in [0, 0.05) is 25.2 Å². The number of alkyl halides is 3. The second kappa shape index (κ2) is 7.85. The van der Waals surface area contributed by atoms with Crippen LogP contribution in [0.1, 0.15) is 26.7 Å². The summed E-state index contributed by atoms with van der Waals surface area (Å²) >= 11 is 0. The number of hydrogen-bond acceptors (Lipinski definition) is 7. The number of anilines is 1. The van der Waals surface area contributed by atoms with Crippen LogP contribution < -0.4 is 4.90 Å². The molecule has 0 fully saturated rings. The second-order valence-electron chi connectivity index (χ2n) is 5.26. The predicted molar refractivity (Wildman–Crippen MR) is 85.8 cm³/mol. The van der Waals surface area contributed by atoms with Crippen molar-refractivity contribution in [2.24, 2.45) is 0 Å². The molecule has 0 aliphatic heterocycles. The number of rotatable bonds is 8. The van der Waals surface area contributed by atoms with Crippen molar-refractivity contribution in [3.63, 3.8) is 0 Å². The number of hydrogen-bond donors (Lipinski definition) is 0. The van der Waals surface area contributed by atoms with Crippen LogP contribution in [-0.4, -0.2) is 36.9 Å². The van der Waals surface area contributed by atoms with Crippen LogP contribution in [0.25, 0.3) is 0 Å². The summed E-state index contributed by atoms with van der Waals surface area (Å²) < 4.78 is 61.3. The summed E-state index contributed by atoms with van der Waals surface area (Å²) in [5.41, 5.74) is -8.39. The quantitative estimate of drug-likeness (QED) is 0.484. The molecular weight excluding hydrogens is 383 g/mol. The number of sulfone groups is 1. The van der Waals surface area contributed by atoms with Crippen LogP contribution in [0.2, 0.25) is 0 Å². The largest absolute Gasteiger partial charge is 0.501 e. The molecule has 1 aromatic carbocycles. The van der Waals surface area contributed by atoms with Crippen LogP contribution in [-0.2, 0) is 9.84 Å². The highest BCUT2D eigenvalue weighted by Crippen LogP contribution is 2.42. The van der Waals surface area contributed by atoms with Crippen LogP contribution in [0.4, 0.5) is 30.2 Å². The average molecular weight is 399 g/mol. The van der Waals surface area contributed by atoms with Gasteiger partial charge in [-0.25, -0.2) is 8.42 Å². The van der Waals surface area contributed by atoms with Crippen molar-refractivity contribution in [1.82, 2.24) is 0 Å². The third kappa shape index (κ3) is 4.20. The molecule has 0 saturated heterocycles. The number of nitro groups is 2. The molecule has 0 atom stereocenters. The highest BCUT2D eigenvalue weighted by molar-refractivity contribution is 7.92. The van der Waals surface area contributed by atoms with Gasteiger partial charge < -0.3 is 4.90 Å². The van der Waals surface area contributed by atoms with E-state index in [0.717, 1.165) is 0 Å². The minimum absolute atomic E-state index is 0.168. The first-order valence-corrected chi connectivity index (χ1v) is 8.89. The van der Waals surface area contributed by atoms with Gasteiger partial charge in [0.15, 0.2) is 5.69 Å². The third-order valence-electron chi connectivity index (χ3n) is 3.35. The molecule has 146 valence electrons. The molecule has 0 aromatic heterocycles. The molecule has 0 radical (unpaired) electrons. The first kappa shape index (κ1) is 21.6. The summed E-state index contributed by atoms with van der Waals surface area (Å²) in [6, 6.07) is 0.424. The zero-order valence-corrected chi connectivity index (χ0v) is 14.6. The van der Waals surface area contributed by atoms with Gasteiger partial charge in [-0.1, -0.05) is 13.8 Å². The average Bonchev–Trinajstić information content (AvgIpc) is 2.52. The van der Waals surface area contributed by atoms with E-state index in [1.807, 2.05) is 0 Å². The molecule has 0 bridgehead atoms. The normalized spacial score (nSPS) is 12.0. The fourth-order valence-corrected chi connectivity index (χ4v) is 3.15. The summed E-state index contributed by atoms with van der Waals surface area (Å²) in [7, 11) is -5.98. The maximum absolute atomic E-state index is 12.7. The molecule has 9 nitrogen and oxygen atoms in total. The Bertz CT molecular complexity index is 769. The van der Waals surface area contributed by atoms with Crippen LogP contribution >= 0.6 is 0 Å². The zero-order chi connectivity index (χ0) is 20.3. The molecule has 26 heavy (non-hydrogen) atoms. The van der Waals surface area contributed by atoms with Crippen molar-refractivity contribution in [1.29, 1.82) is 0 Å². The molecule has 1 rings (SSSR count). The van der Waals surface area contributed by atoms with Gasteiger partial charge in [-0.15, -0.1) is 0 Å². The van der Waals surface area contributed by atoms with Crippen molar-refractivity contribution >= 4 is 26.9 Å². The fraction of sp³-hybridized carbons (Fsp3) is 0.538. The Hall–Kier alpha value is -2.44. The van der Waals surface area contributed by atoms with Gasteiger partial charge in [-0.05, 0) is 12.8 Å². The first-order chi connectivity index (χ1) is 11.9. The maximum atomic E-state index is 12.7. The molecule has 0 unspecified atom stereocenters. The van der Waals surface area contributed by atoms with Crippen molar-refractivity contribution in [3.05, 3.63) is 32.4 Å². The van der Waals surface area contributed by atoms with Crippen molar-refractivity contribution < 1.29 is 31.4 Å². The lowest BCUT2D eigenvalue weighted by Crippen LogP contribution is -2.27. The first-order valence-electron chi connectivity index (χ1n) is 7.41. The summed E-state index contributed by atoms with van der Waals surface area (Å²) in [4.78, 5) is 20.1. The van der Waals surface area contributed by atoms with Gasteiger partial charge in [0.25, 0.3) is 9.84 Å². The third-order valence-corrected chi connectivity index (χ3v) is 4.82. The Morgan fingerprint density at radius 2 is 1.38 bits per heavy atom. The number of benzene rings is 1. The fourth-order valence-electron chi connectivity index (χ4n) is 2.35. The highest BCUT2D eigenvalue weighted by atomic mass is 32.2. The van der Waals surface area contributed by atoms with Crippen LogP contribution in [0.5, 0.6) is 0 Å². The summed E-state index contributed by atoms with van der Waals surface area (Å²) in [6.07, 6.45) is 0.911. The molecule has 0 saturated carbocycles. The highest BCUT2D eigenvalue weighted by Gasteiger charge is 2.49. The van der Waals surface area contributed by atoms with Gasteiger partial charge in [-0.3, -0.25) is 20.2 Å². The molecular formula is C13H16F3N3O6S. The van der Waals surface area contributed by atoms with E-state index in [1.165, 1.54) is 4.90 Å². The van der Waals surface area contributed by atoms with E-state index in [0.29, 0.717) is 12.8 Å². The predicted octanol–water partition coefficient (Wildman–Crippen LogP) is 3.42. The molecule has 0 spiro atoms. The number of halogens is 3. The second-order valence-corrected chi connectivity index (χ2v) is 7.20. The molecule has 1 aromatic rings. The van der Waals surface area contributed by atoms with E-state index >= 15 is 0 Å². The van der Waals surface area contributed by atoms with Gasteiger partial charge in [0.2, 0.25) is 0 Å². The minimum atomic E-state index is -5.98. The van der Waals surface area contributed by atoms with E-state index in [4.69, 9.17) is 0 Å². The molecule has 0 amide bonds.